The van der Waals surface area contributed by atoms with Gasteiger partial charge in [0.15, 0.2) is 0 Å². The van der Waals surface area contributed by atoms with Crippen LogP contribution in [-0.2, 0) is 20.7 Å². The summed E-state index contributed by atoms with van der Waals surface area (Å²) >= 11 is 0. The molecule has 0 bridgehead atoms. The lowest BCUT2D eigenvalue weighted by atomic mass is 10.1. The molecule has 1 aromatic heterocycles. The van der Waals surface area contributed by atoms with E-state index in [4.69, 9.17) is 0 Å². The van der Waals surface area contributed by atoms with Crippen molar-refractivity contribution in [2.24, 2.45) is 0 Å². The number of amides is 1. The lowest BCUT2D eigenvalue weighted by molar-refractivity contribution is -0.143. The number of carbonyl (C=O) groups excluding carboxylic acids is 2. The summed E-state index contributed by atoms with van der Waals surface area (Å²) in [5, 5.41) is 1.20. The van der Waals surface area contributed by atoms with E-state index in [2.05, 4.69) is 21.9 Å². The van der Waals surface area contributed by atoms with Crippen molar-refractivity contribution < 1.29 is 14.3 Å². The van der Waals surface area contributed by atoms with Crippen LogP contribution in [-0.4, -0.2) is 35.4 Å². The number of aromatic nitrogens is 1. The zero-order valence-electron chi connectivity index (χ0n) is 12.5. The Bertz CT molecular complexity index is 745. The summed E-state index contributed by atoms with van der Waals surface area (Å²) in [7, 11) is 1.33. The standard InChI is InChI=1S/C17H18N2O3/c1-22-17(21)7-6-16(20)19-10-8-13-12-4-2-3-5-14(12)18-15(13)9-11-19/h2-5,9,11,18H,6-8,10H2,1H3. The summed E-state index contributed by atoms with van der Waals surface area (Å²) < 4.78 is 4.57. The number of ether oxygens (including phenoxy) is 1. The zero-order chi connectivity index (χ0) is 15.5. The quantitative estimate of drug-likeness (QED) is 0.885. The maximum atomic E-state index is 12.2. The van der Waals surface area contributed by atoms with Crippen molar-refractivity contribution >= 4 is 28.9 Å². The van der Waals surface area contributed by atoms with Gasteiger partial charge in [0, 0.05) is 35.8 Å². The van der Waals surface area contributed by atoms with Gasteiger partial charge in [0.25, 0.3) is 0 Å². The number of fused-ring (bicyclic) bond motifs is 3. The number of rotatable bonds is 3. The molecule has 0 spiro atoms. The van der Waals surface area contributed by atoms with Gasteiger partial charge in [-0.25, -0.2) is 0 Å². The molecule has 0 aliphatic carbocycles. The Hall–Kier alpha value is -2.56. The van der Waals surface area contributed by atoms with Crippen LogP contribution in [0, 0.1) is 0 Å². The minimum Gasteiger partial charge on any atom is -0.469 e. The highest BCUT2D eigenvalue weighted by Crippen LogP contribution is 2.26. The molecule has 3 rings (SSSR count). The fourth-order valence-electron chi connectivity index (χ4n) is 2.77. The lowest BCUT2D eigenvalue weighted by Crippen LogP contribution is -2.27. The second kappa shape index (κ2) is 6.05. The Kier molecular flexibility index (Phi) is 3.96. The first kappa shape index (κ1) is 14.4. The average Bonchev–Trinajstić information content (AvgIpc) is 2.76. The minimum atomic E-state index is -0.358. The fourth-order valence-corrected chi connectivity index (χ4v) is 2.77. The van der Waals surface area contributed by atoms with Crippen molar-refractivity contribution in [3.05, 3.63) is 41.7 Å². The summed E-state index contributed by atoms with van der Waals surface area (Å²) in [6.45, 7) is 0.616. The Morgan fingerprint density at radius 2 is 2.09 bits per heavy atom. The van der Waals surface area contributed by atoms with Crippen molar-refractivity contribution in [2.75, 3.05) is 13.7 Å². The average molecular weight is 298 g/mol. The van der Waals surface area contributed by atoms with Crippen LogP contribution in [0.3, 0.4) is 0 Å². The van der Waals surface area contributed by atoms with Gasteiger partial charge in [-0.3, -0.25) is 9.59 Å². The maximum Gasteiger partial charge on any atom is 0.306 e. The van der Waals surface area contributed by atoms with Gasteiger partial charge in [0.2, 0.25) is 5.91 Å². The summed E-state index contributed by atoms with van der Waals surface area (Å²) in [4.78, 5) is 28.3. The predicted molar refractivity (Wildman–Crippen MR) is 84.0 cm³/mol. The number of carbonyl (C=O) groups is 2. The van der Waals surface area contributed by atoms with Crippen LogP contribution in [0.4, 0.5) is 0 Å². The van der Waals surface area contributed by atoms with Gasteiger partial charge < -0.3 is 14.6 Å². The number of hydrogen-bond donors (Lipinski definition) is 1. The van der Waals surface area contributed by atoms with E-state index in [-0.39, 0.29) is 24.7 Å². The van der Waals surface area contributed by atoms with E-state index in [1.807, 2.05) is 18.2 Å². The molecule has 5 heteroatoms. The molecule has 1 aromatic carbocycles. The molecule has 2 aromatic rings. The smallest absolute Gasteiger partial charge is 0.306 e. The van der Waals surface area contributed by atoms with Gasteiger partial charge in [-0.1, -0.05) is 18.2 Å². The normalized spacial score (nSPS) is 13.8. The third-order valence-electron chi connectivity index (χ3n) is 3.96. The topological polar surface area (TPSA) is 62.4 Å². The number of para-hydroxylation sites is 1. The monoisotopic (exact) mass is 298 g/mol. The Balaban J connectivity index is 1.75. The number of hydrogen-bond acceptors (Lipinski definition) is 3. The van der Waals surface area contributed by atoms with Crippen molar-refractivity contribution in [2.45, 2.75) is 19.3 Å². The van der Waals surface area contributed by atoms with Crippen LogP contribution in [0.25, 0.3) is 17.0 Å². The molecule has 22 heavy (non-hydrogen) atoms. The van der Waals surface area contributed by atoms with Gasteiger partial charge >= 0.3 is 5.97 Å². The molecule has 0 saturated carbocycles. The molecule has 1 aliphatic rings. The van der Waals surface area contributed by atoms with E-state index in [1.165, 1.54) is 18.1 Å². The Morgan fingerprint density at radius 3 is 2.91 bits per heavy atom. The second-order valence-corrected chi connectivity index (χ2v) is 5.29. The van der Waals surface area contributed by atoms with Gasteiger partial charge in [0.05, 0.1) is 13.5 Å². The molecule has 114 valence electrons. The number of H-pyrrole nitrogens is 1. The van der Waals surface area contributed by atoms with Crippen LogP contribution >= 0.6 is 0 Å². The predicted octanol–water partition coefficient (Wildman–Crippen LogP) is 2.48. The molecule has 2 heterocycles. The van der Waals surface area contributed by atoms with E-state index < -0.39 is 0 Å². The molecule has 1 amide bonds. The SMILES string of the molecule is COC(=O)CCC(=O)N1C=Cc2[nH]c3ccccc3c2CC1. The van der Waals surface area contributed by atoms with Crippen LogP contribution in [0.5, 0.6) is 0 Å². The number of methoxy groups -OCH3 is 1. The summed E-state index contributed by atoms with van der Waals surface area (Å²) in [5.41, 5.74) is 3.39. The van der Waals surface area contributed by atoms with Gasteiger partial charge in [0.1, 0.15) is 0 Å². The number of esters is 1. The number of nitrogens with zero attached hydrogens (tertiary/aromatic N) is 1. The number of benzene rings is 1. The maximum absolute atomic E-state index is 12.2. The molecule has 0 radical (unpaired) electrons. The van der Waals surface area contributed by atoms with Gasteiger partial charge in [-0.15, -0.1) is 0 Å². The zero-order valence-corrected chi connectivity index (χ0v) is 12.5. The van der Waals surface area contributed by atoms with E-state index in [9.17, 15) is 9.59 Å². The molecule has 5 nitrogen and oxygen atoms in total. The van der Waals surface area contributed by atoms with E-state index >= 15 is 0 Å². The van der Waals surface area contributed by atoms with E-state index in [1.54, 1.807) is 11.1 Å². The first-order valence-corrected chi connectivity index (χ1v) is 7.33. The third-order valence-corrected chi connectivity index (χ3v) is 3.96. The summed E-state index contributed by atoms with van der Waals surface area (Å²) in [6, 6.07) is 8.17. The highest BCUT2D eigenvalue weighted by atomic mass is 16.5. The molecule has 0 fully saturated rings. The highest BCUT2D eigenvalue weighted by molar-refractivity contribution is 5.88. The fraction of sp³-hybridized carbons (Fsp3) is 0.294. The van der Waals surface area contributed by atoms with Crippen molar-refractivity contribution in [3.63, 3.8) is 0 Å². The van der Waals surface area contributed by atoms with Crippen LogP contribution < -0.4 is 0 Å². The second-order valence-electron chi connectivity index (χ2n) is 5.29. The molecule has 1 aliphatic heterocycles. The lowest BCUT2D eigenvalue weighted by Gasteiger charge is -2.16. The van der Waals surface area contributed by atoms with Gasteiger partial charge in [-0.05, 0) is 24.1 Å². The van der Waals surface area contributed by atoms with E-state index in [0.717, 1.165) is 17.6 Å². The number of aromatic amines is 1. The van der Waals surface area contributed by atoms with Crippen LogP contribution in [0.1, 0.15) is 24.1 Å². The van der Waals surface area contributed by atoms with E-state index in [0.29, 0.717) is 6.54 Å². The Morgan fingerprint density at radius 1 is 1.27 bits per heavy atom. The molecule has 0 unspecified atom stereocenters. The van der Waals surface area contributed by atoms with Crippen LogP contribution in [0.15, 0.2) is 30.5 Å². The first-order valence-electron chi connectivity index (χ1n) is 7.33. The third kappa shape index (κ3) is 2.74. The Labute approximate surface area is 128 Å². The van der Waals surface area contributed by atoms with Crippen molar-refractivity contribution in [1.82, 2.24) is 9.88 Å². The minimum absolute atomic E-state index is 0.0592. The molecule has 0 atom stereocenters. The largest absolute Gasteiger partial charge is 0.469 e. The van der Waals surface area contributed by atoms with Crippen molar-refractivity contribution in [3.8, 4) is 0 Å². The summed E-state index contributed by atoms with van der Waals surface area (Å²) in [6.07, 6.45) is 4.80. The van der Waals surface area contributed by atoms with Crippen molar-refractivity contribution in [1.29, 1.82) is 0 Å². The molecular weight excluding hydrogens is 280 g/mol. The first-order chi connectivity index (χ1) is 10.7. The molecule has 1 N–H and O–H groups in total. The molecule has 0 saturated heterocycles. The van der Waals surface area contributed by atoms with Crippen LogP contribution in [0.2, 0.25) is 0 Å². The highest BCUT2D eigenvalue weighted by Gasteiger charge is 2.18. The summed E-state index contributed by atoms with van der Waals surface area (Å²) in [5.74, 6) is -0.417. The van der Waals surface area contributed by atoms with Gasteiger partial charge in [-0.2, -0.15) is 0 Å². The number of nitrogens with one attached hydrogen (secondary N) is 1. The molecular formula is C17H18N2O3.